The Bertz CT molecular complexity index is 130. The van der Waals surface area contributed by atoms with Crippen LogP contribution in [-0.4, -0.2) is 12.6 Å². The van der Waals surface area contributed by atoms with Gasteiger partial charge in [-0.25, -0.2) is 0 Å². The predicted molar refractivity (Wildman–Crippen MR) is 27.2 cm³/mol. The lowest BCUT2D eigenvalue weighted by Gasteiger charge is -2.23. The van der Waals surface area contributed by atoms with E-state index in [1.165, 1.54) is 6.42 Å². The highest BCUT2D eigenvalue weighted by Crippen LogP contribution is 2.39. The summed E-state index contributed by atoms with van der Waals surface area (Å²) in [7, 11) is 0. The van der Waals surface area contributed by atoms with Crippen LogP contribution in [0.5, 0.6) is 0 Å². The zero-order chi connectivity index (χ0) is 5.56. The average Bonchev–Trinajstić information content (AvgIpc) is 1.80. The largest absolute Gasteiger partial charge is 0.465 e. The lowest BCUT2D eigenvalue weighted by Crippen LogP contribution is -2.25. The Morgan fingerprint density at radius 1 is 1.50 bits per heavy atom. The third-order valence-corrected chi connectivity index (χ3v) is 2.16. The molecule has 2 rings (SSSR count). The summed E-state index contributed by atoms with van der Waals surface area (Å²) in [5.74, 6) is 0.943. The topological polar surface area (TPSA) is 26.3 Å². The summed E-state index contributed by atoms with van der Waals surface area (Å²) in [6, 6.07) is 0. The van der Waals surface area contributed by atoms with Crippen LogP contribution in [0.25, 0.3) is 0 Å². The summed E-state index contributed by atoms with van der Waals surface area (Å²) in [4.78, 5) is 10.6. The van der Waals surface area contributed by atoms with Crippen molar-refractivity contribution in [1.29, 1.82) is 0 Å². The van der Waals surface area contributed by atoms with Gasteiger partial charge in [0.1, 0.15) is 0 Å². The maximum atomic E-state index is 10.6. The molecule has 0 spiro atoms. The zero-order valence-corrected chi connectivity index (χ0v) is 4.59. The molecule has 1 saturated heterocycles. The normalized spacial score (nSPS) is 42.8. The van der Waals surface area contributed by atoms with Gasteiger partial charge in [0, 0.05) is 5.92 Å². The van der Waals surface area contributed by atoms with Crippen LogP contribution in [0.3, 0.4) is 0 Å². The molecule has 2 fully saturated rings. The van der Waals surface area contributed by atoms with Gasteiger partial charge >= 0.3 is 5.97 Å². The molecule has 0 aromatic rings. The number of hydrogen-bond acceptors (Lipinski definition) is 2. The van der Waals surface area contributed by atoms with Gasteiger partial charge in [-0.15, -0.1) is 0 Å². The highest BCUT2D eigenvalue weighted by molar-refractivity contribution is 5.75. The molecule has 0 bridgehead atoms. The first-order valence-corrected chi connectivity index (χ1v) is 3.04. The van der Waals surface area contributed by atoms with Gasteiger partial charge in [-0.05, 0) is 12.8 Å². The second-order valence-electron chi connectivity index (χ2n) is 2.57. The Morgan fingerprint density at radius 3 is 2.62 bits per heavy atom. The van der Waals surface area contributed by atoms with Crippen molar-refractivity contribution in [1.82, 2.24) is 0 Å². The zero-order valence-electron chi connectivity index (χ0n) is 4.59. The van der Waals surface area contributed by atoms with Crippen molar-refractivity contribution < 1.29 is 9.53 Å². The van der Waals surface area contributed by atoms with E-state index in [9.17, 15) is 4.79 Å². The fourth-order valence-corrected chi connectivity index (χ4v) is 1.38. The molecule has 1 saturated carbocycles. The van der Waals surface area contributed by atoms with Crippen molar-refractivity contribution >= 4 is 5.97 Å². The van der Waals surface area contributed by atoms with Gasteiger partial charge < -0.3 is 4.74 Å². The van der Waals surface area contributed by atoms with Crippen LogP contribution in [0.1, 0.15) is 12.8 Å². The first kappa shape index (κ1) is 4.36. The first-order chi connectivity index (χ1) is 3.88. The van der Waals surface area contributed by atoms with Crippen LogP contribution in [0.2, 0.25) is 0 Å². The minimum Gasteiger partial charge on any atom is -0.465 e. The number of esters is 1. The third-order valence-electron chi connectivity index (χ3n) is 2.16. The van der Waals surface area contributed by atoms with Crippen molar-refractivity contribution in [3.8, 4) is 0 Å². The van der Waals surface area contributed by atoms with Crippen LogP contribution in [0.15, 0.2) is 0 Å². The van der Waals surface area contributed by atoms with Crippen molar-refractivity contribution in [3.63, 3.8) is 0 Å². The molecular weight excluding hydrogens is 104 g/mol. The van der Waals surface area contributed by atoms with Gasteiger partial charge in [-0.2, -0.15) is 0 Å². The van der Waals surface area contributed by atoms with E-state index < -0.39 is 0 Å². The summed E-state index contributed by atoms with van der Waals surface area (Å²) < 4.78 is 4.80. The van der Waals surface area contributed by atoms with Crippen LogP contribution >= 0.6 is 0 Å². The molecule has 0 radical (unpaired) electrons. The molecule has 44 valence electrons. The number of cyclic esters (lactones) is 1. The molecule has 0 unspecified atom stereocenters. The SMILES string of the molecule is O=C1OC[C@@H]2CC[C@H]12. The summed E-state index contributed by atoms with van der Waals surface area (Å²) in [5, 5.41) is 0. The smallest absolute Gasteiger partial charge is 0.309 e. The molecule has 8 heavy (non-hydrogen) atoms. The van der Waals surface area contributed by atoms with Crippen molar-refractivity contribution in [2.75, 3.05) is 6.61 Å². The Kier molecular flexibility index (Phi) is 0.678. The fraction of sp³-hybridized carbons (Fsp3) is 0.833. The Morgan fingerprint density at radius 2 is 2.38 bits per heavy atom. The molecule has 0 N–H and O–H groups in total. The van der Waals surface area contributed by atoms with E-state index >= 15 is 0 Å². The quantitative estimate of drug-likeness (QED) is 0.428. The Hall–Kier alpha value is -0.530. The molecule has 0 aromatic heterocycles. The van der Waals surface area contributed by atoms with Crippen molar-refractivity contribution in [2.45, 2.75) is 12.8 Å². The lowest BCUT2D eigenvalue weighted by atomic mass is 9.76. The van der Waals surface area contributed by atoms with E-state index in [1.54, 1.807) is 0 Å². The third kappa shape index (κ3) is 0.358. The van der Waals surface area contributed by atoms with Crippen LogP contribution in [0.4, 0.5) is 0 Å². The maximum absolute atomic E-state index is 10.6. The maximum Gasteiger partial charge on any atom is 0.309 e. The fourth-order valence-electron chi connectivity index (χ4n) is 1.38. The minimum atomic E-state index is 0.0428. The minimum absolute atomic E-state index is 0.0428. The number of ether oxygens (including phenoxy) is 1. The molecule has 1 heterocycles. The monoisotopic (exact) mass is 112 g/mol. The molecular formula is C6H8O2. The van der Waals surface area contributed by atoms with Gasteiger partial charge in [0.05, 0.1) is 12.5 Å². The van der Waals surface area contributed by atoms with Crippen LogP contribution < -0.4 is 0 Å². The summed E-state index contributed by atoms with van der Waals surface area (Å²) >= 11 is 0. The van der Waals surface area contributed by atoms with Crippen molar-refractivity contribution in [2.24, 2.45) is 11.8 Å². The number of carbonyl (C=O) groups is 1. The van der Waals surface area contributed by atoms with Gasteiger partial charge in [0.2, 0.25) is 0 Å². The molecule has 2 aliphatic rings. The second kappa shape index (κ2) is 1.24. The van der Waals surface area contributed by atoms with E-state index in [0.717, 1.165) is 6.42 Å². The summed E-state index contributed by atoms with van der Waals surface area (Å²) in [5.41, 5.74) is 0. The summed E-state index contributed by atoms with van der Waals surface area (Å²) in [6.07, 6.45) is 2.28. The van der Waals surface area contributed by atoms with Gasteiger partial charge in [0.15, 0.2) is 0 Å². The standard InChI is InChI=1S/C6H8O2/c7-6-5-2-1-4(5)3-8-6/h4-5H,1-3H2/t4-,5-/m0/s1. The number of rotatable bonds is 0. The Labute approximate surface area is 47.8 Å². The average molecular weight is 112 g/mol. The highest BCUT2D eigenvalue weighted by atomic mass is 16.5. The molecule has 2 heteroatoms. The van der Waals surface area contributed by atoms with Crippen LogP contribution in [-0.2, 0) is 9.53 Å². The summed E-state index contributed by atoms with van der Waals surface area (Å²) in [6.45, 7) is 0.698. The number of fused-ring (bicyclic) bond motifs is 1. The second-order valence-corrected chi connectivity index (χ2v) is 2.57. The lowest BCUT2D eigenvalue weighted by molar-refractivity contribution is -0.142. The van der Waals surface area contributed by atoms with E-state index in [0.29, 0.717) is 18.4 Å². The molecule has 1 aliphatic heterocycles. The molecule has 0 aromatic carbocycles. The van der Waals surface area contributed by atoms with E-state index in [1.807, 2.05) is 0 Å². The van der Waals surface area contributed by atoms with Gasteiger partial charge in [0.25, 0.3) is 0 Å². The molecule has 2 atom stereocenters. The molecule has 0 amide bonds. The van der Waals surface area contributed by atoms with E-state index in [-0.39, 0.29) is 5.97 Å². The van der Waals surface area contributed by atoms with Gasteiger partial charge in [-0.3, -0.25) is 4.79 Å². The predicted octanol–water partition coefficient (Wildman–Crippen LogP) is 0.569. The van der Waals surface area contributed by atoms with Crippen molar-refractivity contribution in [3.05, 3.63) is 0 Å². The highest BCUT2D eigenvalue weighted by Gasteiger charge is 2.43. The molecule has 1 aliphatic carbocycles. The number of hydrogen-bond donors (Lipinski definition) is 0. The number of carbonyl (C=O) groups excluding carboxylic acids is 1. The Balaban J connectivity index is 2.15. The van der Waals surface area contributed by atoms with Crippen LogP contribution in [0, 0.1) is 11.8 Å². The van der Waals surface area contributed by atoms with Gasteiger partial charge in [-0.1, -0.05) is 0 Å². The first-order valence-electron chi connectivity index (χ1n) is 3.04. The molecule has 2 nitrogen and oxygen atoms in total. The van der Waals surface area contributed by atoms with E-state index in [2.05, 4.69) is 0 Å². The van der Waals surface area contributed by atoms with E-state index in [4.69, 9.17) is 4.74 Å².